The minimum absolute atomic E-state index is 0.455. The molecule has 0 saturated carbocycles. The predicted octanol–water partition coefficient (Wildman–Crippen LogP) is 11.7. The number of hydrogen-bond acceptors (Lipinski definition) is 5. The van der Waals surface area contributed by atoms with Crippen LogP contribution < -0.4 is 0 Å². The minimum atomic E-state index is -3.04. The molecule has 6 heteroatoms. The third-order valence-electron chi connectivity index (χ3n) is 9.91. The van der Waals surface area contributed by atoms with Crippen LogP contribution in [0.2, 0.25) is 0 Å². The maximum atomic E-state index is 14.0. The molecule has 0 unspecified atom stereocenters. The molecule has 2 heterocycles. The summed E-state index contributed by atoms with van der Waals surface area (Å²) in [5, 5.41) is 0. The summed E-state index contributed by atoms with van der Waals surface area (Å²) in [7, 11) is -3.04. The molecule has 43 heavy (non-hydrogen) atoms. The SMILES string of the molecule is CCCCCCCCCCCCCOP(=O)(CC1CCN(C2CCOCC2)CC1)OCCCCCCCCCCCCC. The number of piperidine rings is 1. The van der Waals surface area contributed by atoms with E-state index in [4.69, 9.17) is 13.8 Å². The van der Waals surface area contributed by atoms with E-state index in [1.807, 2.05) is 0 Å². The van der Waals surface area contributed by atoms with E-state index >= 15 is 0 Å². The summed E-state index contributed by atoms with van der Waals surface area (Å²) in [5.74, 6) is 0.455. The highest BCUT2D eigenvalue weighted by Gasteiger charge is 2.33. The zero-order valence-corrected chi connectivity index (χ0v) is 29.9. The molecule has 0 aliphatic carbocycles. The van der Waals surface area contributed by atoms with Gasteiger partial charge >= 0.3 is 7.60 Å². The molecular weight excluding hydrogens is 553 g/mol. The van der Waals surface area contributed by atoms with Crippen molar-refractivity contribution in [3.05, 3.63) is 0 Å². The van der Waals surface area contributed by atoms with Crippen LogP contribution in [0.5, 0.6) is 0 Å². The summed E-state index contributed by atoms with van der Waals surface area (Å²) >= 11 is 0. The second kappa shape index (κ2) is 27.2. The van der Waals surface area contributed by atoms with Gasteiger partial charge in [-0.2, -0.15) is 0 Å². The van der Waals surface area contributed by atoms with Gasteiger partial charge in [-0.1, -0.05) is 142 Å². The molecule has 0 aromatic rings. The maximum absolute atomic E-state index is 14.0. The molecule has 0 radical (unpaired) electrons. The molecule has 0 atom stereocenters. The Labute approximate surface area is 268 Å². The number of rotatable bonds is 29. The van der Waals surface area contributed by atoms with Gasteiger partial charge in [0.15, 0.2) is 0 Å². The molecular formula is C37H74NO4P. The lowest BCUT2D eigenvalue weighted by Gasteiger charge is -2.39. The number of unbranched alkanes of at least 4 members (excludes halogenated alkanes) is 20. The Morgan fingerprint density at radius 3 is 1.33 bits per heavy atom. The summed E-state index contributed by atoms with van der Waals surface area (Å²) in [6.07, 6.45) is 34.1. The van der Waals surface area contributed by atoms with E-state index in [0.29, 0.717) is 31.3 Å². The lowest BCUT2D eigenvalue weighted by molar-refractivity contribution is 0.0220. The molecule has 256 valence electrons. The summed E-state index contributed by atoms with van der Waals surface area (Å²) in [6.45, 7) is 9.79. The van der Waals surface area contributed by atoms with Gasteiger partial charge in [0.05, 0.1) is 19.4 Å². The molecule has 2 rings (SSSR count). The monoisotopic (exact) mass is 628 g/mol. The van der Waals surface area contributed by atoms with Gasteiger partial charge in [0.2, 0.25) is 0 Å². The fourth-order valence-electron chi connectivity index (χ4n) is 6.95. The Morgan fingerprint density at radius 1 is 0.558 bits per heavy atom. The smallest absolute Gasteiger partial charge is 0.330 e. The highest BCUT2D eigenvalue weighted by atomic mass is 31.2. The van der Waals surface area contributed by atoms with Crippen molar-refractivity contribution >= 4 is 7.60 Å². The van der Waals surface area contributed by atoms with E-state index in [-0.39, 0.29) is 0 Å². The fourth-order valence-corrected chi connectivity index (χ4v) is 9.05. The summed E-state index contributed by atoms with van der Waals surface area (Å²) in [5.41, 5.74) is 0. The molecule has 0 aromatic carbocycles. The van der Waals surface area contributed by atoms with Crippen LogP contribution in [0.3, 0.4) is 0 Å². The first-order chi connectivity index (χ1) is 21.2. The topological polar surface area (TPSA) is 48.0 Å². The predicted molar refractivity (Wildman–Crippen MR) is 185 cm³/mol. The first-order valence-corrected chi connectivity index (χ1v) is 21.1. The summed E-state index contributed by atoms with van der Waals surface area (Å²) in [6, 6.07) is 0.677. The summed E-state index contributed by atoms with van der Waals surface area (Å²) < 4.78 is 31.8. The lowest BCUT2D eigenvalue weighted by atomic mass is 9.96. The number of likely N-dealkylation sites (tertiary alicyclic amines) is 1. The number of hydrogen-bond donors (Lipinski definition) is 0. The third kappa shape index (κ3) is 20.7. The zero-order chi connectivity index (χ0) is 30.7. The van der Waals surface area contributed by atoms with Gasteiger partial charge in [-0.15, -0.1) is 0 Å². The molecule has 5 nitrogen and oxygen atoms in total. The Morgan fingerprint density at radius 2 is 0.930 bits per heavy atom. The van der Waals surface area contributed by atoms with Crippen LogP contribution in [0, 0.1) is 5.92 Å². The van der Waals surface area contributed by atoms with E-state index in [1.54, 1.807) is 0 Å². The molecule has 0 aromatic heterocycles. The van der Waals surface area contributed by atoms with E-state index in [0.717, 1.165) is 64.8 Å². The molecule has 2 saturated heterocycles. The van der Waals surface area contributed by atoms with Crippen LogP contribution in [-0.4, -0.2) is 56.6 Å². The average Bonchev–Trinajstić information content (AvgIpc) is 3.03. The Balaban J connectivity index is 1.62. The van der Waals surface area contributed by atoms with Crippen molar-refractivity contribution in [3.63, 3.8) is 0 Å². The second-order valence-electron chi connectivity index (χ2n) is 13.9. The van der Waals surface area contributed by atoms with Gasteiger partial charge in [0, 0.05) is 19.3 Å². The molecule has 0 bridgehead atoms. The van der Waals surface area contributed by atoms with Gasteiger partial charge in [-0.05, 0) is 57.5 Å². The van der Waals surface area contributed by atoms with Crippen molar-refractivity contribution in [3.8, 4) is 0 Å². The molecule has 0 amide bonds. The third-order valence-corrected chi connectivity index (χ3v) is 12.0. The van der Waals surface area contributed by atoms with Crippen LogP contribution in [0.4, 0.5) is 0 Å². The normalized spacial score (nSPS) is 17.6. The largest absolute Gasteiger partial charge is 0.381 e. The van der Waals surface area contributed by atoms with E-state index < -0.39 is 7.60 Å². The van der Waals surface area contributed by atoms with Crippen LogP contribution in [0.1, 0.15) is 181 Å². The van der Waals surface area contributed by atoms with Crippen molar-refractivity contribution in [2.75, 3.05) is 45.7 Å². The summed E-state index contributed by atoms with van der Waals surface area (Å²) in [4.78, 5) is 2.65. The Kier molecular flexibility index (Phi) is 24.8. The van der Waals surface area contributed by atoms with Gasteiger partial charge in [0.1, 0.15) is 0 Å². The average molecular weight is 628 g/mol. The van der Waals surface area contributed by atoms with E-state index in [2.05, 4.69) is 18.7 Å². The molecule has 2 fully saturated rings. The van der Waals surface area contributed by atoms with Gasteiger partial charge in [0.25, 0.3) is 0 Å². The van der Waals surface area contributed by atoms with Gasteiger partial charge < -0.3 is 18.7 Å². The van der Waals surface area contributed by atoms with Crippen LogP contribution in [0.15, 0.2) is 0 Å². The minimum Gasteiger partial charge on any atom is -0.381 e. The van der Waals surface area contributed by atoms with Crippen molar-refractivity contribution in [1.82, 2.24) is 4.90 Å². The Hall–Kier alpha value is 0.0700. The molecule has 0 spiro atoms. The van der Waals surface area contributed by atoms with Crippen LogP contribution >= 0.6 is 7.60 Å². The highest BCUT2D eigenvalue weighted by Crippen LogP contribution is 2.51. The Bertz CT molecular complexity index is 617. The highest BCUT2D eigenvalue weighted by molar-refractivity contribution is 7.53. The van der Waals surface area contributed by atoms with Crippen molar-refractivity contribution in [1.29, 1.82) is 0 Å². The maximum Gasteiger partial charge on any atom is 0.330 e. The van der Waals surface area contributed by atoms with E-state index in [9.17, 15) is 4.57 Å². The van der Waals surface area contributed by atoms with Gasteiger partial charge in [-0.25, -0.2) is 0 Å². The standard InChI is InChI=1S/C37H74NO4P/c1-3-5-7-9-11-13-15-17-19-21-23-31-41-43(39,42-32-24-22-20-18-16-14-12-10-8-6-4-2)35-36-25-29-38(30-26-36)37-27-33-40-34-28-37/h36-37H,3-35H2,1-2H3. The van der Waals surface area contributed by atoms with E-state index in [1.165, 1.54) is 128 Å². The molecule has 2 aliphatic heterocycles. The number of nitrogens with zero attached hydrogens (tertiary/aromatic N) is 1. The number of ether oxygens (including phenoxy) is 1. The van der Waals surface area contributed by atoms with Crippen LogP contribution in [0.25, 0.3) is 0 Å². The van der Waals surface area contributed by atoms with Crippen molar-refractivity contribution in [2.24, 2.45) is 5.92 Å². The quantitative estimate of drug-likeness (QED) is 0.0610. The van der Waals surface area contributed by atoms with Gasteiger partial charge in [-0.3, -0.25) is 4.57 Å². The van der Waals surface area contributed by atoms with Crippen LogP contribution in [-0.2, 0) is 18.3 Å². The first-order valence-electron chi connectivity index (χ1n) is 19.4. The van der Waals surface area contributed by atoms with Crippen molar-refractivity contribution in [2.45, 2.75) is 187 Å². The lowest BCUT2D eigenvalue weighted by Crippen LogP contribution is -2.44. The zero-order valence-electron chi connectivity index (χ0n) is 29.0. The van der Waals surface area contributed by atoms with Crippen molar-refractivity contribution < 1.29 is 18.3 Å². The molecule has 0 N–H and O–H groups in total. The fraction of sp³-hybridized carbons (Fsp3) is 1.00. The first kappa shape index (κ1) is 39.2. The molecule has 2 aliphatic rings. The second-order valence-corrected chi connectivity index (χ2v) is 16.0.